The largest absolute Gasteiger partial charge is 0.381 e. The van der Waals surface area contributed by atoms with Gasteiger partial charge in [-0.3, -0.25) is 0 Å². The number of anilines is 2. The maximum Gasteiger partial charge on any atom is 0.136 e. The minimum Gasteiger partial charge on any atom is -0.381 e. The SMILES string of the molecule is Cc1ccc2c(NC(C)C)cnc(N3CCN(C)CC3)c2c1. The highest BCUT2D eigenvalue weighted by Crippen LogP contribution is 2.31. The normalized spacial score (nSPS) is 16.5. The molecule has 1 fully saturated rings. The molecule has 4 nitrogen and oxygen atoms in total. The van der Waals surface area contributed by atoms with E-state index in [1.54, 1.807) is 0 Å². The molecule has 2 heterocycles. The van der Waals surface area contributed by atoms with Crippen LogP contribution in [0.3, 0.4) is 0 Å². The molecule has 1 aromatic carbocycles. The van der Waals surface area contributed by atoms with Gasteiger partial charge in [-0.25, -0.2) is 4.98 Å². The van der Waals surface area contributed by atoms with Gasteiger partial charge in [0.1, 0.15) is 5.82 Å². The second-order valence-electron chi connectivity index (χ2n) is 6.63. The molecular weight excluding hydrogens is 272 g/mol. The van der Waals surface area contributed by atoms with Gasteiger partial charge in [0.15, 0.2) is 0 Å². The third-order valence-corrected chi connectivity index (χ3v) is 4.27. The molecule has 0 spiro atoms. The molecule has 0 bridgehead atoms. The third kappa shape index (κ3) is 3.02. The Bertz CT molecular complexity index is 657. The van der Waals surface area contributed by atoms with Crippen LogP contribution in [0.2, 0.25) is 0 Å². The molecular formula is C18H26N4. The monoisotopic (exact) mass is 298 g/mol. The van der Waals surface area contributed by atoms with Crippen LogP contribution in [0.4, 0.5) is 11.5 Å². The van der Waals surface area contributed by atoms with Gasteiger partial charge in [-0.2, -0.15) is 0 Å². The third-order valence-electron chi connectivity index (χ3n) is 4.27. The molecule has 2 aromatic rings. The predicted octanol–water partition coefficient (Wildman–Crippen LogP) is 3.12. The van der Waals surface area contributed by atoms with Gasteiger partial charge in [0.25, 0.3) is 0 Å². The summed E-state index contributed by atoms with van der Waals surface area (Å²) in [4.78, 5) is 9.59. The number of piperazine rings is 1. The number of aryl methyl sites for hydroxylation is 1. The van der Waals surface area contributed by atoms with E-state index in [1.165, 1.54) is 16.3 Å². The number of likely N-dealkylation sites (N-methyl/N-ethyl adjacent to an activating group) is 1. The Morgan fingerprint density at radius 3 is 2.50 bits per heavy atom. The smallest absolute Gasteiger partial charge is 0.136 e. The molecule has 1 aliphatic heterocycles. The van der Waals surface area contributed by atoms with Crippen LogP contribution in [0.1, 0.15) is 19.4 Å². The fourth-order valence-corrected chi connectivity index (χ4v) is 3.04. The molecule has 0 saturated carbocycles. The number of fused-ring (bicyclic) bond motifs is 1. The Balaban J connectivity index is 2.05. The summed E-state index contributed by atoms with van der Waals surface area (Å²) in [5.41, 5.74) is 2.41. The zero-order chi connectivity index (χ0) is 15.7. The summed E-state index contributed by atoms with van der Waals surface area (Å²) >= 11 is 0. The molecule has 3 rings (SSSR count). The summed E-state index contributed by atoms with van der Waals surface area (Å²) in [6, 6.07) is 7.07. The first-order valence-electron chi connectivity index (χ1n) is 8.14. The molecule has 22 heavy (non-hydrogen) atoms. The van der Waals surface area contributed by atoms with Crippen molar-refractivity contribution in [3.63, 3.8) is 0 Å². The van der Waals surface area contributed by atoms with E-state index >= 15 is 0 Å². The summed E-state index contributed by atoms with van der Waals surface area (Å²) in [6.45, 7) is 10.8. The van der Waals surface area contributed by atoms with E-state index < -0.39 is 0 Å². The molecule has 0 atom stereocenters. The van der Waals surface area contributed by atoms with Gasteiger partial charge in [0.05, 0.1) is 11.9 Å². The van der Waals surface area contributed by atoms with Crippen LogP contribution >= 0.6 is 0 Å². The highest BCUT2D eigenvalue weighted by atomic mass is 15.3. The van der Waals surface area contributed by atoms with Gasteiger partial charge in [-0.1, -0.05) is 17.7 Å². The van der Waals surface area contributed by atoms with Gasteiger partial charge in [0, 0.05) is 43.0 Å². The average Bonchev–Trinajstić information content (AvgIpc) is 2.48. The van der Waals surface area contributed by atoms with E-state index in [2.05, 4.69) is 61.1 Å². The van der Waals surface area contributed by atoms with E-state index in [1.807, 2.05) is 6.20 Å². The number of aromatic nitrogens is 1. The van der Waals surface area contributed by atoms with Gasteiger partial charge in [-0.05, 0) is 33.9 Å². The Kier molecular flexibility index (Phi) is 4.21. The van der Waals surface area contributed by atoms with E-state index in [-0.39, 0.29) is 0 Å². The minimum absolute atomic E-state index is 0.404. The topological polar surface area (TPSA) is 31.4 Å². The van der Waals surface area contributed by atoms with Crippen molar-refractivity contribution in [1.29, 1.82) is 0 Å². The number of nitrogens with zero attached hydrogens (tertiary/aromatic N) is 3. The van der Waals surface area contributed by atoms with E-state index in [9.17, 15) is 0 Å². The maximum absolute atomic E-state index is 4.79. The lowest BCUT2D eigenvalue weighted by atomic mass is 10.1. The van der Waals surface area contributed by atoms with Gasteiger partial charge in [-0.15, -0.1) is 0 Å². The zero-order valence-electron chi connectivity index (χ0n) is 14.1. The Morgan fingerprint density at radius 2 is 1.82 bits per heavy atom. The summed E-state index contributed by atoms with van der Waals surface area (Å²) in [6.07, 6.45) is 1.99. The van der Waals surface area contributed by atoms with E-state index in [4.69, 9.17) is 4.98 Å². The van der Waals surface area contributed by atoms with Crippen LogP contribution < -0.4 is 10.2 Å². The maximum atomic E-state index is 4.79. The summed E-state index contributed by atoms with van der Waals surface area (Å²) in [5.74, 6) is 1.13. The fourth-order valence-electron chi connectivity index (χ4n) is 3.04. The minimum atomic E-state index is 0.404. The van der Waals surface area contributed by atoms with Crippen molar-refractivity contribution in [1.82, 2.24) is 9.88 Å². The highest BCUT2D eigenvalue weighted by molar-refractivity contribution is 6.00. The van der Waals surface area contributed by atoms with Crippen LogP contribution in [0.25, 0.3) is 10.8 Å². The number of pyridine rings is 1. The fraction of sp³-hybridized carbons (Fsp3) is 0.500. The standard InChI is InChI=1S/C18H26N4/c1-13(2)20-17-12-19-18(22-9-7-21(4)8-10-22)16-11-14(3)5-6-15(16)17/h5-6,11-13,20H,7-10H2,1-4H3. The summed E-state index contributed by atoms with van der Waals surface area (Å²) < 4.78 is 0. The van der Waals surface area contributed by atoms with Crippen molar-refractivity contribution >= 4 is 22.3 Å². The second-order valence-corrected chi connectivity index (χ2v) is 6.63. The molecule has 1 aliphatic rings. The van der Waals surface area contributed by atoms with Crippen molar-refractivity contribution in [3.05, 3.63) is 30.0 Å². The molecule has 0 unspecified atom stereocenters. The lowest BCUT2D eigenvalue weighted by Crippen LogP contribution is -2.44. The number of benzene rings is 1. The number of hydrogen-bond donors (Lipinski definition) is 1. The van der Waals surface area contributed by atoms with Crippen LogP contribution in [-0.4, -0.2) is 49.2 Å². The van der Waals surface area contributed by atoms with Crippen LogP contribution in [0.5, 0.6) is 0 Å². The Hall–Kier alpha value is -1.81. The Morgan fingerprint density at radius 1 is 1.09 bits per heavy atom. The number of hydrogen-bond acceptors (Lipinski definition) is 4. The van der Waals surface area contributed by atoms with Crippen molar-refractivity contribution in [3.8, 4) is 0 Å². The first-order valence-corrected chi connectivity index (χ1v) is 8.14. The lowest BCUT2D eigenvalue weighted by Gasteiger charge is -2.34. The second kappa shape index (κ2) is 6.13. The summed E-state index contributed by atoms with van der Waals surface area (Å²) in [7, 11) is 2.18. The molecule has 0 aliphatic carbocycles. The quantitative estimate of drug-likeness (QED) is 0.943. The highest BCUT2D eigenvalue weighted by Gasteiger charge is 2.18. The number of nitrogens with one attached hydrogen (secondary N) is 1. The van der Waals surface area contributed by atoms with Gasteiger partial charge < -0.3 is 15.1 Å². The van der Waals surface area contributed by atoms with E-state index in [0.29, 0.717) is 6.04 Å². The van der Waals surface area contributed by atoms with Crippen LogP contribution in [-0.2, 0) is 0 Å². The molecule has 1 saturated heterocycles. The molecule has 118 valence electrons. The van der Waals surface area contributed by atoms with Crippen molar-refractivity contribution in [2.75, 3.05) is 43.4 Å². The van der Waals surface area contributed by atoms with Crippen molar-refractivity contribution < 1.29 is 0 Å². The summed E-state index contributed by atoms with van der Waals surface area (Å²) in [5, 5.41) is 6.04. The predicted molar refractivity (Wildman–Crippen MR) is 94.9 cm³/mol. The molecule has 0 radical (unpaired) electrons. The van der Waals surface area contributed by atoms with Crippen LogP contribution in [0, 0.1) is 6.92 Å². The first-order chi connectivity index (χ1) is 10.5. The zero-order valence-corrected chi connectivity index (χ0v) is 14.1. The van der Waals surface area contributed by atoms with Gasteiger partial charge >= 0.3 is 0 Å². The van der Waals surface area contributed by atoms with E-state index in [0.717, 1.165) is 37.7 Å². The molecule has 1 aromatic heterocycles. The first kappa shape index (κ1) is 15.1. The van der Waals surface area contributed by atoms with Crippen molar-refractivity contribution in [2.45, 2.75) is 26.8 Å². The molecule has 4 heteroatoms. The molecule has 0 amide bonds. The Labute approximate surface area is 133 Å². The lowest BCUT2D eigenvalue weighted by molar-refractivity contribution is 0.312. The molecule has 1 N–H and O–H groups in total. The van der Waals surface area contributed by atoms with Gasteiger partial charge in [0.2, 0.25) is 0 Å². The van der Waals surface area contributed by atoms with Crippen LogP contribution in [0.15, 0.2) is 24.4 Å². The van der Waals surface area contributed by atoms with Crippen molar-refractivity contribution in [2.24, 2.45) is 0 Å². The number of rotatable bonds is 3. The average molecular weight is 298 g/mol.